The zero-order valence-corrected chi connectivity index (χ0v) is 11.7. The Morgan fingerprint density at radius 1 is 1.25 bits per heavy atom. The van der Waals surface area contributed by atoms with Gasteiger partial charge in [0.05, 0.1) is 6.04 Å². The molecule has 3 heterocycles. The molecule has 7 nitrogen and oxygen atoms in total. The van der Waals surface area contributed by atoms with Gasteiger partial charge >= 0.3 is 0 Å². The molecule has 0 spiro atoms. The van der Waals surface area contributed by atoms with E-state index in [0.29, 0.717) is 5.78 Å². The zero-order chi connectivity index (χ0) is 14.1. The molecule has 0 aliphatic carbocycles. The maximum atomic E-state index is 4.33. The summed E-state index contributed by atoms with van der Waals surface area (Å²) in [6.45, 7) is 6.18. The van der Waals surface area contributed by atoms with Crippen molar-refractivity contribution in [3.8, 4) is 0 Å². The summed E-state index contributed by atoms with van der Waals surface area (Å²) < 4.78 is 3.64. The van der Waals surface area contributed by atoms with Crippen molar-refractivity contribution in [2.45, 2.75) is 32.9 Å². The molecule has 3 aromatic rings. The van der Waals surface area contributed by atoms with Gasteiger partial charge in [0.15, 0.2) is 0 Å². The van der Waals surface area contributed by atoms with E-state index in [1.807, 2.05) is 29.9 Å². The van der Waals surface area contributed by atoms with E-state index in [1.165, 1.54) is 6.33 Å². The Hall–Kier alpha value is -2.44. The first kappa shape index (κ1) is 12.6. The van der Waals surface area contributed by atoms with Crippen LogP contribution in [0.25, 0.3) is 5.78 Å². The summed E-state index contributed by atoms with van der Waals surface area (Å²) in [7, 11) is 0. The summed E-state index contributed by atoms with van der Waals surface area (Å²) in [6.07, 6.45) is 5.26. The Morgan fingerprint density at radius 3 is 2.85 bits per heavy atom. The third-order valence-electron chi connectivity index (χ3n) is 3.42. The number of aryl methyl sites for hydroxylation is 1. The second-order valence-corrected chi connectivity index (χ2v) is 4.91. The maximum absolute atomic E-state index is 4.33. The molecule has 1 N–H and O–H groups in total. The number of fused-ring (bicyclic) bond motifs is 1. The van der Waals surface area contributed by atoms with Crippen LogP contribution in [0.4, 0.5) is 5.82 Å². The van der Waals surface area contributed by atoms with E-state index in [4.69, 9.17) is 0 Å². The second kappa shape index (κ2) is 4.92. The highest BCUT2D eigenvalue weighted by molar-refractivity contribution is 5.45. The molecule has 104 valence electrons. The minimum atomic E-state index is 0.184. The Balaban J connectivity index is 1.87. The quantitative estimate of drug-likeness (QED) is 0.781. The molecule has 20 heavy (non-hydrogen) atoms. The van der Waals surface area contributed by atoms with Gasteiger partial charge < -0.3 is 5.32 Å². The number of nitrogens with one attached hydrogen (secondary N) is 1. The van der Waals surface area contributed by atoms with Crippen molar-refractivity contribution in [1.82, 2.24) is 29.4 Å². The highest BCUT2D eigenvalue weighted by Gasteiger charge is 2.16. The van der Waals surface area contributed by atoms with E-state index in [0.717, 1.165) is 11.5 Å². The molecule has 0 saturated heterocycles. The molecule has 0 saturated carbocycles. The summed E-state index contributed by atoms with van der Waals surface area (Å²) >= 11 is 0. The molecule has 0 radical (unpaired) electrons. The highest BCUT2D eigenvalue weighted by Crippen LogP contribution is 2.16. The van der Waals surface area contributed by atoms with Gasteiger partial charge in [-0.2, -0.15) is 19.7 Å². The lowest BCUT2D eigenvalue weighted by Gasteiger charge is -2.23. The van der Waals surface area contributed by atoms with Crippen molar-refractivity contribution in [1.29, 1.82) is 0 Å². The molecule has 0 aromatic carbocycles. The normalized spacial score (nSPS) is 14.3. The van der Waals surface area contributed by atoms with Crippen LogP contribution in [0.15, 0.2) is 30.9 Å². The monoisotopic (exact) mass is 271 g/mol. The van der Waals surface area contributed by atoms with Crippen LogP contribution in [0.3, 0.4) is 0 Å². The van der Waals surface area contributed by atoms with Crippen LogP contribution < -0.4 is 5.32 Å². The predicted molar refractivity (Wildman–Crippen MR) is 75.5 cm³/mol. The average molecular weight is 271 g/mol. The molecular weight excluding hydrogens is 254 g/mol. The van der Waals surface area contributed by atoms with Gasteiger partial charge in [0, 0.05) is 30.2 Å². The van der Waals surface area contributed by atoms with Crippen molar-refractivity contribution in [3.05, 3.63) is 36.5 Å². The zero-order valence-electron chi connectivity index (χ0n) is 11.7. The molecule has 3 rings (SSSR count). The van der Waals surface area contributed by atoms with E-state index in [2.05, 4.69) is 39.3 Å². The van der Waals surface area contributed by atoms with E-state index in [9.17, 15) is 0 Å². The summed E-state index contributed by atoms with van der Waals surface area (Å²) in [5, 5.41) is 11.9. The van der Waals surface area contributed by atoms with E-state index < -0.39 is 0 Å². The fourth-order valence-corrected chi connectivity index (χ4v) is 2.14. The van der Waals surface area contributed by atoms with Crippen LogP contribution in [-0.4, -0.2) is 35.4 Å². The Bertz CT molecular complexity index is 701. The molecule has 0 amide bonds. The van der Waals surface area contributed by atoms with Crippen molar-refractivity contribution >= 4 is 11.6 Å². The number of nitrogens with zero attached hydrogens (tertiary/aromatic N) is 6. The van der Waals surface area contributed by atoms with Crippen LogP contribution in [0.1, 0.15) is 25.6 Å². The lowest BCUT2D eigenvalue weighted by atomic mass is 10.2. The molecule has 0 bridgehead atoms. The Morgan fingerprint density at radius 2 is 2.10 bits per heavy atom. The summed E-state index contributed by atoms with van der Waals surface area (Å²) in [5.41, 5.74) is 0.909. The molecule has 0 unspecified atom stereocenters. The summed E-state index contributed by atoms with van der Waals surface area (Å²) in [4.78, 5) is 8.46. The van der Waals surface area contributed by atoms with Gasteiger partial charge in [-0.1, -0.05) is 0 Å². The number of aromatic nitrogens is 6. The lowest BCUT2D eigenvalue weighted by molar-refractivity contribution is 0.442. The van der Waals surface area contributed by atoms with Crippen LogP contribution in [0.2, 0.25) is 0 Å². The first-order chi connectivity index (χ1) is 9.65. The third-order valence-corrected chi connectivity index (χ3v) is 3.42. The number of hydrogen-bond donors (Lipinski definition) is 1. The number of hydrogen-bond acceptors (Lipinski definition) is 5. The Kier molecular flexibility index (Phi) is 3.09. The number of anilines is 1. The molecule has 3 aromatic heterocycles. The van der Waals surface area contributed by atoms with Gasteiger partial charge in [-0.15, -0.1) is 0 Å². The van der Waals surface area contributed by atoms with Gasteiger partial charge in [-0.3, -0.25) is 4.68 Å². The van der Waals surface area contributed by atoms with Gasteiger partial charge in [-0.05, 0) is 26.8 Å². The topological polar surface area (TPSA) is 72.9 Å². The standard InChI is InChI=1S/C13H17N7/c1-9-7-12(20-13(17-9)14-8-16-20)18-10(2)11(3)19-6-4-5-15-19/h4-8,10-11,18H,1-3H3/t10-,11-/m1/s1. The first-order valence-electron chi connectivity index (χ1n) is 6.58. The second-order valence-electron chi connectivity index (χ2n) is 4.91. The molecule has 7 heteroatoms. The predicted octanol–water partition coefficient (Wildman–Crippen LogP) is 1.69. The molecular formula is C13H17N7. The van der Waals surface area contributed by atoms with E-state index >= 15 is 0 Å². The summed E-state index contributed by atoms with van der Waals surface area (Å²) in [6, 6.07) is 4.30. The van der Waals surface area contributed by atoms with Crippen molar-refractivity contribution in [3.63, 3.8) is 0 Å². The first-order valence-corrected chi connectivity index (χ1v) is 6.58. The largest absolute Gasteiger partial charge is 0.365 e. The highest BCUT2D eigenvalue weighted by atomic mass is 15.4. The van der Waals surface area contributed by atoms with Crippen LogP contribution >= 0.6 is 0 Å². The fourth-order valence-electron chi connectivity index (χ4n) is 2.14. The average Bonchev–Trinajstić information content (AvgIpc) is 3.08. The van der Waals surface area contributed by atoms with Crippen molar-refractivity contribution in [2.75, 3.05) is 5.32 Å². The van der Waals surface area contributed by atoms with Crippen molar-refractivity contribution in [2.24, 2.45) is 0 Å². The molecule has 2 atom stereocenters. The van der Waals surface area contributed by atoms with E-state index in [-0.39, 0.29) is 12.1 Å². The minimum absolute atomic E-state index is 0.184. The Labute approximate surface area is 116 Å². The smallest absolute Gasteiger partial charge is 0.254 e. The molecule has 0 aliphatic rings. The third kappa shape index (κ3) is 2.22. The van der Waals surface area contributed by atoms with E-state index in [1.54, 1.807) is 10.7 Å². The molecule has 0 fully saturated rings. The minimum Gasteiger partial charge on any atom is -0.365 e. The van der Waals surface area contributed by atoms with Gasteiger partial charge in [0.2, 0.25) is 0 Å². The fraction of sp³-hybridized carbons (Fsp3) is 0.385. The maximum Gasteiger partial charge on any atom is 0.254 e. The van der Waals surface area contributed by atoms with Gasteiger partial charge in [0.1, 0.15) is 12.1 Å². The van der Waals surface area contributed by atoms with Crippen molar-refractivity contribution < 1.29 is 0 Å². The van der Waals surface area contributed by atoms with Crippen LogP contribution in [-0.2, 0) is 0 Å². The van der Waals surface area contributed by atoms with Crippen LogP contribution in [0.5, 0.6) is 0 Å². The summed E-state index contributed by atoms with van der Waals surface area (Å²) in [5.74, 6) is 1.49. The SMILES string of the molecule is Cc1cc(N[C@H](C)[C@@H](C)n2cccn2)n2ncnc2n1. The van der Waals surface area contributed by atoms with Gasteiger partial charge in [0.25, 0.3) is 5.78 Å². The lowest BCUT2D eigenvalue weighted by Crippen LogP contribution is -2.28. The van der Waals surface area contributed by atoms with Crippen LogP contribution in [0, 0.1) is 6.92 Å². The molecule has 0 aliphatic heterocycles. The van der Waals surface area contributed by atoms with Gasteiger partial charge in [-0.25, -0.2) is 4.98 Å². The number of rotatable bonds is 4.